The van der Waals surface area contributed by atoms with Gasteiger partial charge in [0, 0.05) is 6.42 Å². The fourth-order valence-electron chi connectivity index (χ4n) is 1.53. The van der Waals surface area contributed by atoms with Crippen LogP contribution in [0, 0.1) is 0 Å². The van der Waals surface area contributed by atoms with Crippen LogP contribution in [0.2, 0.25) is 5.04 Å². The van der Waals surface area contributed by atoms with Gasteiger partial charge in [-0.3, -0.25) is 0 Å². The smallest absolute Gasteiger partial charge is 0.316 e. The standard InChI is InChI=1S/C13H16OSi/c1-13(2,3)15-14-12-8-10-6-4-5-7-11(10)9-12/h4-8H,9H2,1-3H3. The van der Waals surface area contributed by atoms with E-state index < -0.39 is 0 Å². The van der Waals surface area contributed by atoms with E-state index in [-0.39, 0.29) is 5.04 Å². The van der Waals surface area contributed by atoms with Gasteiger partial charge in [-0.1, -0.05) is 45.0 Å². The predicted octanol–water partition coefficient (Wildman–Crippen LogP) is 3.44. The number of allylic oxidation sites excluding steroid dienone is 1. The Morgan fingerprint density at radius 1 is 1.20 bits per heavy atom. The van der Waals surface area contributed by atoms with E-state index in [1.807, 2.05) is 0 Å². The lowest BCUT2D eigenvalue weighted by molar-refractivity contribution is 0.423. The first-order chi connectivity index (χ1) is 7.04. The highest BCUT2D eigenvalue weighted by Gasteiger charge is 2.18. The molecule has 0 N–H and O–H groups in total. The molecule has 2 heteroatoms. The molecule has 15 heavy (non-hydrogen) atoms. The summed E-state index contributed by atoms with van der Waals surface area (Å²) < 4.78 is 5.84. The molecular formula is C13H16OSi. The third kappa shape index (κ3) is 2.72. The van der Waals surface area contributed by atoms with E-state index in [9.17, 15) is 0 Å². The second-order valence-corrected chi connectivity index (χ2v) is 6.85. The van der Waals surface area contributed by atoms with E-state index in [4.69, 9.17) is 4.43 Å². The molecule has 0 aromatic heterocycles. The second kappa shape index (κ2) is 3.85. The van der Waals surface area contributed by atoms with Crippen LogP contribution in [0.4, 0.5) is 0 Å². The van der Waals surface area contributed by atoms with E-state index in [1.54, 1.807) is 0 Å². The van der Waals surface area contributed by atoms with Gasteiger partial charge in [-0.15, -0.1) is 0 Å². The van der Waals surface area contributed by atoms with Gasteiger partial charge >= 0.3 is 9.76 Å². The van der Waals surface area contributed by atoms with E-state index in [0.717, 1.165) is 12.2 Å². The van der Waals surface area contributed by atoms with Crippen molar-refractivity contribution in [2.45, 2.75) is 32.2 Å². The van der Waals surface area contributed by atoms with Crippen LogP contribution < -0.4 is 0 Å². The molecule has 0 atom stereocenters. The zero-order valence-corrected chi connectivity index (χ0v) is 10.5. The summed E-state index contributed by atoms with van der Waals surface area (Å²) in [5.74, 6) is 1.12. The van der Waals surface area contributed by atoms with E-state index in [1.165, 1.54) is 11.1 Å². The molecule has 0 unspecified atom stereocenters. The molecule has 78 valence electrons. The van der Waals surface area contributed by atoms with Gasteiger partial charge in [0.2, 0.25) is 0 Å². The summed E-state index contributed by atoms with van der Waals surface area (Å²) in [7, 11) is 0.535. The number of benzene rings is 1. The normalized spacial score (nSPS) is 14.7. The maximum atomic E-state index is 5.84. The molecule has 1 nitrogen and oxygen atoms in total. The third-order valence-electron chi connectivity index (χ3n) is 2.22. The molecule has 2 radical (unpaired) electrons. The largest absolute Gasteiger partial charge is 0.543 e. The Morgan fingerprint density at radius 2 is 1.93 bits per heavy atom. The zero-order chi connectivity index (χ0) is 10.9. The Labute approximate surface area is 94.1 Å². The Kier molecular flexibility index (Phi) is 2.70. The molecule has 1 aromatic rings. The van der Waals surface area contributed by atoms with Crippen LogP contribution in [0.1, 0.15) is 31.9 Å². The molecule has 1 aromatic carbocycles. The Morgan fingerprint density at radius 3 is 2.60 bits per heavy atom. The molecule has 0 saturated heterocycles. The summed E-state index contributed by atoms with van der Waals surface area (Å²) in [6.45, 7) is 6.61. The molecule has 0 heterocycles. The molecule has 2 rings (SSSR count). The first-order valence-corrected chi connectivity index (χ1v) is 6.18. The molecule has 0 aliphatic heterocycles. The van der Waals surface area contributed by atoms with Crippen LogP contribution in [-0.2, 0) is 10.8 Å². The summed E-state index contributed by atoms with van der Waals surface area (Å²) in [5.41, 5.74) is 2.69. The van der Waals surface area contributed by atoms with Gasteiger partial charge in [0.05, 0.1) is 5.76 Å². The van der Waals surface area contributed by atoms with Gasteiger partial charge < -0.3 is 4.43 Å². The van der Waals surface area contributed by atoms with Crippen molar-refractivity contribution in [3.8, 4) is 0 Å². The Hall–Kier alpha value is -1.02. The maximum Gasteiger partial charge on any atom is 0.316 e. The highest BCUT2D eigenvalue weighted by Crippen LogP contribution is 2.28. The van der Waals surface area contributed by atoms with Gasteiger partial charge in [-0.25, -0.2) is 0 Å². The van der Waals surface area contributed by atoms with Crippen LogP contribution in [0.25, 0.3) is 6.08 Å². The van der Waals surface area contributed by atoms with Crippen LogP contribution in [0.3, 0.4) is 0 Å². The highest BCUT2D eigenvalue weighted by atomic mass is 28.2. The van der Waals surface area contributed by atoms with Crippen LogP contribution in [0.15, 0.2) is 30.0 Å². The van der Waals surface area contributed by atoms with Crippen LogP contribution in [-0.4, -0.2) is 9.76 Å². The quantitative estimate of drug-likeness (QED) is 0.688. The van der Waals surface area contributed by atoms with Crippen molar-refractivity contribution < 1.29 is 4.43 Å². The summed E-state index contributed by atoms with van der Waals surface area (Å²) in [6, 6.07) is 8.47. The van der Waals surface area contributed by atoms with Gasteiger partial charge in [0.1, 0.15) is 0 Å². The van der Waals surface area contributed by atoms with Crippen molar-refractivity contribution in [3.05, 3.63) is 41.2 Å². The average molecular weight is 216 g/mol. The Balaban J connectivity index is 2.00. The molecule has 0 fully saturated rings. The van der Waals surface area contributed by atoms with E-state index >= 15 is 0 Å². The first-order valence-electron chi connectivity index (χ1n) is 5.27. The maximum absolute atomic E-state index is 5.84. The number of rotatable bonds is 2. The lowest BCUT2D eigenvalue weighted by Crippen LogP contribution is -2.12. The van der Waals surface area contributed by atoms with Crippen molar-refractivity contribution in [3.63, 3.8) is 0 Å². The monoisotopic (exact) mass is 216 g/mol. The average Bonchev–Trinajstić information content (AvgIpc) is 2.56. The zero-order valence-electron chi connectivity index (χ0n) is 9.50. The summed E-state index contributed by atoms with van der Waals surface area (Å²) in [4.78, 5) is 0. The van der Waals surface area contributed by atoms with Crippen molar-refractivity contribution in [2.75, 3.05) is 0 Å². The fraction of sp³-hybridized carbons (Fsp3) is 0.385. The minimum Gasteiger partial charge on any atom is -0.543 e. The van der Waals surface area contributed by atoms with Crippen molar-refractivity contribution in [2.24, 2.45) is 0 Å². The molecule has 1 aliphatic rings. The van der Waals surface area contributed by atoms with Gasteiger partial charge in [0.25, 0.3) is 0 Å². The lowest BCUT2D eigenvalue weighted by Gasteiger charge is -2.16. The molecule has 1 aliphatic carbocycles. The minimum absolute atomic E-state index is 0.260. The summed E-state index contributed by atoms with van der Waals surface area (Å²) >= 11 is 0. The first kappa shape index (κ1) is 10.5. The number of fused-ring (bicyclic) bond motifs is 1. The van der Waals surface area contributed by atoms with E-state index in [2.05, 4.69) is 51.1 Å². The third-order valence-corrected chi connectivity index (χ3v) is 3.20. The summed E-state index contributed by atoms with van der Waals surface area (Å²) in [5, 5.41) is 0.260. The Bertz CT molecular complexity index is 388. The molecule has 0 amide bonds. The lowest BCUT2D eigenvalue weighted by atomic mass is 10.1. The van der Waals surface area contributed by atoms with Crippen molar-refractivity contribution in [1.29, 1.82) is 0 Å². The van der Waals surface area contributed by atoms with Gasteiger partial charge in [0.15, 0.2) is 0 Å². The van der Waals surface area contributed by atoms with Gasteiger partial charge in [-0.05, 0) is 22.2 Å². The fourth-order valence-corrected chi connectivity index (χ4v) is 2.10. The van der Waals surface area contributed by atoms with Crippen LogP contribution in [0.5, 0.6) is 0 Å². The number of hydrogen-bond donors (Lipinski definition) is 0. The topological polar surface area (TPSA) is 9.23 Å². The van der Waals surface area contributed by atoms with Crippen molar-refractivity contribution >= 4 is 15.8 Å². The predicted molar refractivity (Wildman–Crippen MR) is 64.7 cm³/mol. The highest BCUT2D eigenvalue weighted by molar-refractivity contribution is 6.32. The second-order valence-electron chi connectivity index (χ2n) is 4.94. The van der Waals surface area contributed by atoms with Gasteiger partial charge in [-0.2, -0.15) is 0 Å². The SMILES string of the molecule is CC(C)(C)[Si]OC1=Cc2ccccc2C1. The molecule has 0 spiro atoms. The summed E-state index contributed by atoms with van der Waals surface area (Å²) in [6.07, 6.45) is 3.12. The van der Waals surface area contributed by atoms with Crippen LogP contribution >= 0.6 is 0 Å². The molecular weight excluding hydrogens is 200 g/mol. The van der Waals surface area contributed by atoms with E-state index in [0.29, 0.717) is 9.76 Å². The molecule has 0 saturated carbocycles. The van der Waals surface area contributed by atoms with Crippen molar-refractivity contribution in [1.82, 2.24) is 0 Å². The minimum atomic E-state index is 0.260. The number of hydrogen-bond acceptors (Lipinski definition) is 1. The molecule has 0 bridgehead atoms.